The summed E-state index contributed by atoms with van der Waals surface area (Å²) in [5.74, 6) is 0.0141. The van der Waals surface area contributed by atoms with E-state index in [4.69, 9.17) is 0 Å². The van der Waals surface area contributed by atoms with Crippen molar-refractivity contribution in [3.05, 3.63) is 22.2 Å². The third-order valence-electron chi connectivity index (χ3n) is 3.75. The Morgan fingerprint density at radius 2 is 2.15 bits per heavy atom. The molecule has 0 spiro atoms. The number of halogens is 1. The third-order valence-corrected chi connectivity index (χ3v) is 4.38. The first-order valence-electron chi connectivity index (χ1n) is 7.11. The predicted molar refractivity (Wildman–Crippen MR) is 87.4 cm³/mol. The van der Waals surface area contributed by atoms with Gasteiger partial charge in [0.25, 0.3) is 0 Å². The molecule has 2 N–H and O–H groups in total. The number of amides is 1. The van der Waals surface area contributed by atoms with E-state index < -0.39 is 0 Å². The highest BCUT2D eigenvalue weighted by atomic mass is 79.9. The fraction of sp³-hybridized carbons (Fsp3) is 0.533. The minimum Gasteiger partial charge on any atom is -0.374 e. The van der Waals surface area contributed by atoms with Gasteiger partial charge in [0.05, 0.1) is 5.69 Å². The number of hydrogen-bond acceptors (Lipinski definition) is 3. The van der Waals surface area contributed by atoms with Crippen LogP contribution >= 0.6 is 15.9 Å². The number of unbranched alkanes of at least 4 members (excludes halogenated alkanes) is 2. The Labute approximate surface area is 129 Å². The summed E-state index contributed by atoms with van der Waals surface area (Å²) in [4.78, 5) is 14.1. The SMILES string of the molecule is CCCCCN(C)c1cc2c(cc1Br)C(NC)C(=O)N2. The highest BCUT2D eigenvalue weighted by Crippen LogP contribution is 2.38. The van der Waals surface area contributed by atoms with Gasteiger partial charge in [0.2, 0.25) is 5.91 Å². The van der Waals surface area contributed by atoms with Crippen LogP contribution in [0.15, 0.2) is 16.6 Å². The lowest BCUT2D eigenvalue weighted by Crippen LogP contribution is -2.23. The molecule has 4 nitrogen and oxygen atoms in total. The van der Waals surface area contributed by atoms with Gasteiger partial charge in [0.15, 0.2) is 0 Å². The fourth-order valence-corrected chi connectivity index (χ4v) is 3.23. The van der Waals surface area contributed by atoms with Crippen LogP contribution in [0.2, 0.25) is 0 Å². The maximum atomic E-state index is 11.9. The van der Waals surface area contributed by atoms with Crippen LogP contribution in [-0.2, 0) is 4.79 Å². The summed E-state index contributed by atoms with van der Waals surface area (Å²) in [5, 5.41) is 5.98. The molecule has 110 valence electrons. The van der Waals surface area contributed by atoms with Crippen molar-refractivity contribution in [3.63, 3.8) is 0 Å². The largest absolute Gasteiger partial charge is 0.374 e. The molecule has 1 aromatic rings. The van der Waals surface area contributed by atoms with Crippen molar-refractivity contribution in [2.45, 2.75) is 32.2 Å². The van der Waals surface area contributed by atoms with Crippen LogP contribution in [0.4, 0.5) is 11.4 Å². The highest BCUT2D eigenvalue weighted by Gasteiger charge is 2.30. The van der Waals surface area contributed by atoms with Gasteiger partial charge in [-0.1, -0.05) is 19.8 Å². The average molecular weight is 340 g/mol. The number of carbonyl (C=O) groups excluding carboxylic acids is 1. The van der Waals surface area contributed by atoms with Crippen LogP contribution in [0.5, 0.6) is 0 Å². The van der Waals surface area contributed by atoms with Gasteiger partial charge in [-0.3, -0.25) is 4.79 Å². The van der Waals surface area contributed by atoms with Gasteiger partial charge in [0, 0.05) is 29.3 Å². The Morgan fingerprint density at radius 1 is 1.40 bits per heavy atom. The van der Waals surface area contributed by atoms with Crippen LogP contribution in [0.3, 0.4) is 0 Å². The molecule has 2 rings (SSSR count). The second-order valence-corrected chi connectivity index (χ2v) is 6.08. The van der Waals surface area contributed by atoms with Gasteiger partial charge in [-0.15, -0.1) is 0 Å². The lowest BCUT2D eigenvalue weighted by Gasteiger charge is -2.22. The number of rotatable bonds is 6. The molecule has 0 saturated carbocycles. The third kappa shape index (κ3) is 2.99. The van der Waals surface area contributed by atoms with E-state index in [2.05, 4.69) is 51.5 Å². The van der Waals surface area contributed by atoms with Crippen LogP contribution in [0.1, 0.15) is 37.8 Å². The van der Waals surface area contributed by atoms with E-state index in [-0.39, 0.29) is 11.9 Å². The molecule has 5 heteroatoms. The van der Waals surface area contributed by atoms with E-state index in [0.717, 1.165) is 28.0 Å². The smallest absolute Gasteiger partial charge is 0.246 e. The number of hydrogen-bond donors (Lipinski definition) is 2. The standard InChI is InChI=1S/C15H22BrN3O/c1-4-5-6-7-19(3)13-9-12-10(8-11(13)16)14(17-2)15(20)18-12/h8-9,14,17H,4-7H2,1-3H3,(H,18,20). The molecule has 0 saturated heterocycles. The van der Waals surface area contributed by atoms with Crippen LogP contribution in [0, 0.1) is 0 Å². The van der Waals surface area contributed by atoms with Gasteiger partial charge in [-0.2, -0.15) is 0 Å². The normalized spacial score (nSPS) is 17.0. The Balaban J connectivity index is 2.21. The van der Waals surface area contributed by atoms with Crippen molar-refractivity contribution >= 4 is 33.2 Å². The molecule has 1 unspecified atom stereocenters. The maximum absolute atomic E-state index is 11.9. The fourth-order valence-electron chi connectivity index (χ4n) is 2.57. The number of likely N-dealkylation sites (N-methyl/N-ethyl adjacent to an activating group) is 1. The van der Waals surface area contributed by atoms with E-state index in [9.17, 15) is 4.79 Å². The molecule has 1 amide bonds. The van der Waals surface area contributed by atoms with Gasteiger partial charge >= 0.3 is 0 Å². The Bertz CT molecular complexity index is 504. The van der Waals surface area contributed by atoms with Gasteiger partial charge < -0.3 is 15.5 Å². The molecule has 1 aliphatic heterocycles. The molecule has 0 radical (unpaired) electrons. The molecule has 0 aliphatic carbocycles. The first-order valence-corrected chi connectivity index (χ1v) is 7.90. The summed E-state index contributed by atoms with van der Waals surface area (Å²) in [6.45, 7) is 3.23. The first-order chi connectivity index (χ1) is 9.58. The predicted octanol–water partition coefficient (Wildman–Crippen LogP) is 3.29. The van der Waals surface area contributed by atoms with Gasteiger partial charge in [0.1, 0.15) is 6.04 Å². The Morgan fingerprint density at radius 3 is 2.80 bits per heavy atom. The van der Waals surface area contributed by atoms with Crippen molar-refractivity contribution in [2.24, 2.45) is 0 Å². The topological polar surface area (TPSA) is 44.4 Å². The van der Waals surface area contributed by atoms with Crippen molar-refractivity contribution < 1.29 is 4.79 Å². The zero-order chi connectivity index (χ0) is 14.7. The summed E-state index contributed by atoms with van der Waals surface area (Å²) < 4.78 is 1.03. The van der Waals surface area contributed by atoms with Gasteiger partial charge in [-0.05, 0) is 41.5 Å². The Hall–Kier alpha value is -1.07. The quantitative estimate of drug-likeness (QED) is 0.781. The van der Waals surface area contributed by atoms with E-state index in [0.29, 0.717) is 0 Å². The zero-order valence-electron chi connectivity index (χ0n) is 12.3. The second kappa shape index (κ2) is 6.59. The van der Waals surface area contributed by atoms with Gasteiger partial charge in [-0.25, -0.2) is 0 Å². The number of benzene rings is 1. The van der Waals surface area contributed by atoms with Crippen molar-refractivity contribution in [1.82, 2.24) is 5.32 Å². The van der Waals surface area contributed by atoms with Crippen LogP contribution < -0.4 is 15.5 Å². The molecule has 1 heterocycles. The molecule has 1 aromatic carbocycles. The Kier molecular flexibility index (Phi) is 5.05. The van der Waals surface area contributed by atoms with E-state index in [1.54, 1.807) is 7.05 Å². The van der Waals surface area contributed by atoms with Crippen molar-refractivity contribution in [3.8, 4) is 0 Å². The van der Waals surface area contributed by atoms with E-state index >= 15 is 0 Å². The van der Waals surface area contributed by atoms with E-state index in [1.807, 2.05) is 6.07 Å². The molecule has 0 aromatic heterocycles. The summed E-state index contributed by atoms with van der Waals surface area (Å²) in [7, 11) is 3.90. The molecule has 0 bridgehead atoms. The molecule has 20 heavy (non-hydrogen) atoms. The summed E-state index contributed by atoms with van der Waals surface area (Å²) in [6.07, 6.45) is 3.65. The number of nitrogens with one attached hydrogen (secondary N) is 2. The minimum atomic E-state index is -0.249. The average Bonchev–Trinajstić information content (AvgIpc) is 2.72. The molecule has 0 fully saturated rings. The van der Waals surface area contributed by atoms with Crippen molar-refractivity contribution in [1.29, 1.82) is 0 Å². The second-order valence-electron chi connectivity index (χ2n) is 5.23. The summed E-state index contributed by atoms with van der Waals surface area (Å²) >= 11 is 3.63. The van der Waals surface area contributed by atoms with Crippen molar-refractivity contribution in [2.75, 3.05) is 30.9 Å². The lowest BCUT2D eigenvalue weighted by atomic mass is 10.1. The van der Waals surface area contributed by atoms with Crippen LogP contribution in [-0.4, -0.2) is 26.5 Å². The minimum absolute atomic E-state index is 0.0141. The summed E-state index contributed by atoms with van der Waals surface area (Å²) in [6, 6.07) is 3.85. The number of carbonyl (C=O) groups is 1. The molecular formula is C15H22BrN3O. The van der Waals surface area contributed by atoms with E-state index in [1.165, 1.54) is 19.3 Å². The number of nitrogens with zero attached hydrogens (tertiary/aromatic N) is 1. The zero-order valence-corrected chi connectivity index (χ0v) is 13.9. The maximum Gasteiger partial charge on any atom is 0.246 e. The number of fused-ring (bicyclic) bond motifs is 1. The monoisotopic (exact) mass is 339 g/mol. The van der Waals surface area contributed by atoms with Crippen LogP contribution in [0.25, 0.3) is 0 Å². The lowest BCUT2D eigenvalue weighted by molar-refractivity contribution is -0.117. The molecular weight excluding hydrogens is 318 g/mol. The summed E-state index contributed by atoms with van der Waals surface area (Å²) in [5.41, 5.74) is 3.04. The highest BCUT2D eigenvalue weighted by molar-refractivity contribution is 9.10. The first kappa shape index (κ1) is 15.3. The number of anilines is 2. The molecule has 1 aliphatic rings. The molecule has 1 atom stereocenters.